The van der Waals surface area contributed by atoms with Crippen LogP contribution in [0.25, 0.3) is 10.8 Å². The van der Waals surface area contributed by atoms with Crippen molar-refractivity contribution in [3.05, 3.63) is 78.1 Å². The van der Waals surface area contributed by atoms with E-state index in [0.29, 0.717) is 23.1 Å². The van der Waals surface area contributed by atoms with Crippen LogP contribution >= 0.6 is 0 Å². The highest BCUT2D eigenvalue weighted by atomic mass is 19.1. The van der Waals surface area contributed by atoms with Crippen molar-refractivity contribution in [1.82, 2.24) is 0 Å². The van der Waals surface area contributed by atoms with E-state index in [4.69, 9.17) is 9.47 Å². The number of aromatic hydroxyl groups is 1. The van der Waals surface area contributed by atoms with Crippen LogP contribution in [0.5, 0.6) is 17.2 Å². The molecule has 0 aliphatic heterocycles. The van der Waals surface area contributed by atoms with Gasteiger partial charge in [0.1, 0.15) is 17.2 Å². The Labute approximate surface area is 160 Å². The van der Waals surface area contributed by atoms with Gasteiger partial charge in [0.2, 0.25) is 5.83 Å². The first-order chi connectivity index (χ1) is 13.4. The summed E-state index contributed by atoms with van der Waals surface area (Å²) in [6, 6.07) is 14.1. The molecule has 0 saturated carbocycles. The van der Waals surface area contributed by atoms with Crippen LogP contribution in [0.2, 0.25) is 0 Å². The summed E-state index contributed by atoms with van der Waals surface area (Å²) in [7, 11) is 0. The summed E-state index contributed by atoms with van der Waals surface area (Å²) in [5, 5.41) is 11.0. The van der Waals surface area contributed by atoms with Crippen molar-refractivity contribution in [3.63, 3.8) is 0 Å². The number of carbonyl (C=O) groups excluding carboxylic acids is 2. The molecule has 0 aliphatic rings. The standard InChI is InChI=1S/C22H17FO5/c1-3-14-11-18(24)7-9-20(14)28-22(26)17-5-4-16-12-19(8-6-15(16)10-17)27-21(25)13(2)23/h4-12,24H,2-3H2,1H3. The van der Waals surface area contributed by atoms with E-state index in [2.05, 4.69) is 6.58 Å². The number of hydrogen-bond acceptors (Lipinski definition) is 5. The molecule has 0 aromatic heterocycles. The van der Waals surface area contributed by atoms with E-state index in [0.717, 1.165) is 10.9 Å². The zero-order valence-corrected chi connectivity index (χ0v) is 15.1. The van der Waals surface area contributed by atoms with Crippen molar-refractivity contribution < 1.29 is 28.6 Å². The van der Waals surface area contributed by atoms with E-state index in [1.807, 2.05) is 6.92 Å². The minimum atomic E-state index is -1.18. The van der Waals surface area contributed by atoms with Gasteiger partial charge in [-0.3, -0.25) is 0 Å². The molecule has 142 valence electrons. The fourth-order valence-electron chi connectivity index (χ4n) is 2.68. The van der Waals surface area contributed by atoms with Crippen LogP contribution < -0.4 is 9.47 Å². The van der Waals surface area contributed by atoms with Crippen LogP contribution in [0.15, 0.2) is 67.0 Å². The highest BCUT2D eigenvalue weighted by Gasteiger charge is 2.13. The van der Waals surface area contributed by atoms with Gasteiger partial charge in [0.25, 0.3) is 0 Å². The van der Waals surface area contributed by atoms with Gasteiger partial charge in [0, 0.05) is 0 Å². The largest absolute Gasteiger partial charge is 0.508 e. The van der Waals surface area contributed by atoms with Gasteiger partial charge in [0.05, 0.1) is 5.56 Å². The van der Waals surface area contributed by atoms with Crippen molar-refractivity contribution in [2.45, 2.75) is 13.3 Å². The van der Waals surface area contributed by atoms with Gasteiger partial charge < -0.3 is 14.6 Å². The Morgan fingerprint density at radius 1 is 1.00 bits per heavy atom. The average Bonchev–Trinajstić information content (AvgIpc) is 2.68. The fraction of sp³-hybridized carbons (Fsp3) is 0.0909. The van der Waals surface area contributed by atoms with Crippen LogP contribution in [0.4, 0.5) is 4.39 Å². The van der Waals surface area contributed by atoms with Crippen LogP contribution in [-0.2, 0) is 11.2 Å². The first kappa shape index (κ1) is 19.1. The van der Waals surface area contributed by atoms with E-state index in [-0.39, 0.29) is 11.5 Å². The summed E-state index contributed by atoms with van der Waals surface area (Å²) in [5.74, 6) is -2.21. The number of rotatable bonds is 5. The molecular formula is C22H17FO5. The summed E-state index contributed by atoms with van der Waals surface area (Å²) < 4.78 is 23.1. The molecule has 5 nitrogen and oxygen atoms in total. The highest BCUT2D eigenvalue weighted by Crippen LogP contribution is 2.26. The molecular weight excluding hydrogens is 363 g/mol. The lowest BCUT2D eigenvalue weighted by molar-refractivity contribution is -0.131. The monoisotopic (exact) mass is 380 g/mol. The maximum Gasteiger partial charge on any atom is 0.371 e. The number of fused-ring (bicyclic) bond motifs is 1. The molecule has 0 radical (unpaired) electrons. The number of ether oxygens (including phenoxy) is 2. The quantitative estimate of drug-likeness (QED) is 0.394. The van der Waals surface area contributed by atoms with E-state index in [9.17, 15) is 19.1 Å². The van der Waals surface area contributed by atoms with Crippen LogP contribution in [0, 0.1) is 0 Å². The van der Waals surface area contributed by atoms with E-state index in [1.54, 1.807) is 42.5 Å². The summed E-state index contributed by atoms with van der Waals surface area (Å²) >= 11 is 0. The number of benzene rings is 3. The van der Waals surface area contributed by atoms with E-state index >= 15 is 0 Å². The summed E-state index contributed by atoms with van der Waals surface area (Å²) in [5.41, 5.74) is 1.06. The Hall–Kier alpha value is -3.67. The smallest absolute Gasteiger partial charge is 0.371 e. The van der Waals surface area contributed by atoms with Crippen LogP contribution in [0.1, 0.15) is 22.8 Å². The first-order valence-corrected chi connectivity index (χ1v) is 8.52. The van der Waals surface area contributed by atoms with Crippen molar-refractivity contribution in [3.8, 4) is 17.2 Å². The van der Waals surface area contributed by atoms with Crippen molar-refractivity contribution in [2.75, 3.05) is 0 Å². The van der Waals surface area contributed by atoms with E-state index < -0.39 is 17.8 Å². The molecule has 1 N–H and O–H groups in total. The van der Waals surface area contributed by atoms with Gasteiger partial charge in [-0.2, -0.15) is 4.39 Å². The summed E-state index contributed by atoms with van der Waals surface area (Å²) in [4.78, 5) is 23.8. The lowest BCUT2D eigenvalue weighted by Gasteiger charge is -2.10. The SMILES string of the molecule is C=C(F)C(=O)Oc1ccc2cc(C(=O)Oc3ccc(O)cc3CC)ccc2c1. The molecule has 0 unspecified atom stereocenters. The Bertz CT molecular complexity index is 1090. The lowest BCUT2D eigenvalue weighted by Crippen LogP contribution is -2.10. The Kier molecular flexibility index (Phi) is 5.40. The predicted octanol–water partition coefficient (Wildman–Crippen LogP) is 4.72. The van der Waals surface area contributed by atoms with Crippen molar-refractivity contribution >= 4 is 22.7 Å². The number of phenolic OH excluding ortho intramolecular Hbond substituents is 1. The minimum Gasteiger partial charge on any atom is -0.508 e. The highest BCUT2D eigenvalue weighted by molar-refractivity contribution is 5.97. The minimum absolute atomic E-state index is 0.107. The molecule has 3 aromatic rings. The van der Waals surface area contributed by atoms with Gasteiger partial charge in [-0.15, -0.1) is 0 Å². The summed E-state index contributed by atoms with van der Waals surface area (Å²) in [6.45, 7) is 4.78. The van der Waals surface area contributed by atoms with Crippen molar-refractivity contribution in [2.24, 2.45) is 0 Å². The number of esters is 2. The van der Waals surface area contributed by atoms with Gasteiger partial charge in [-0.05, 0) is 65.2 Å². The fourth-order valence-corrected chi connectivity index (χ4v) is 2.68. The van der Waals surface area contributed by atoms with Gasteiger partial charge >= 0.3 is 11.9 Å². The zero-order valence-electron chi connectivity index (χ0n) is 15.1. The third-order valence-electron chi connectivity index (χ3n) is 4.11. The molecule has 0 spiro atoms. The normalized spacial score (nSPS) is 10.5. The molecule has 0 fully saturated rings. The predicted molar refractivity (Wildman–Crippen MR) is 102 cm³/mol. The molecule has 0 bridgehead atoms. The number of halogens is 1. The molecule has 0 amide bonds. The Morgan fingerprint density at radius 3 is 2.43 bits per heavy atom. The lowest BCUT2D eigenvalue weighted by atomic mass is 10.1. The third-order valence-corrected chi connectivity index (χ3v) is 4.11. The molecule has 6 heteroatoms. The molecule has 0 saturated heterocycles. The van der Waals surface area contributed by atoms with Crippen molar-refractivity contribution in [1.29, 1.82) is 0 Å². The second kappa shape index (κ2) is 7.92. The maximum absolute atomic E-state index is 12.8. The third kappa shape index (κ3) is 4.17. The number of hydrogen-bond donors (Lipinski definition) is 1. The first-order valence-electron chi connectivity index (χ1n) is 8.52. The van der Waals surface area contributed by atoms with Crippen LogP contribution in [0.3, 0.4) is 0 Å². The Morgan fingerprint density at radius 2 is 1.71 bits per heavy atom. The number of aryl methyl sites for hydroxylation is 1. The number of phenols is 1. The molecule has 0 heterocycles. The maximum atomic E-state index is 12.8. The molecule has 3 aromatic carbocycles. The summed E-state index contributed by atoms with van der Waals surface area (Å²) in [6.07, 6.45) is 0.599. The average molecular weight is 380 g/mol. The molecule has 0 aliphatic carbocycles. The second-order valence-electron chi connectivity index (χ2n) is 6.05. The van der Waals surface area contributed by atoms with Crippen LogP contribution in [-0.4, -0.2) is 17.0 Å². The van der Waals surface area contributed by atoms with E-state index in [1.165, 1.54) is 12.1 Å². The van der Waals surface area contributed by atoms with Gasteiger partial charge in [-0.25, -0.2) is 9.59 Å². The number of carbonyl (C=O) groups is 2. The second-order valence-corrected chi connectivity index (χ2v) is 6.05. The molecule has 0 atom stereocenters. The molecule has 28 heavy (non-hydrogen) atoms. The van der Waals surface area contributed by atoms with Gasteiger partial charge in [-0.1, -0.05) is 25.6 Å². The molecule has 3 rings (SSSR count). The topological polar surface area (TPSA) is 72.8 Å². The van der Waals surface area contributed by atoms with Gasteiger partial charge in [0.15, 0.2) is 0 Å². The zero-order chi connectivity index (χ0) is 20.3. The Balaban J connectivity index is 1.83.